The van der Waals surface area contributed by atoms with Gasteiger partial charge in [0.15, 0.2) is 5.78 Å². The number of hydrogen-bond donors (Lipinski definition) is 3. The van der Waals surface area contributed by atoms with E-state index in [1.54, 1.807) is 42.6 Å². The molecular formula is C36H41F2N5O4. The Kier molecular flexibility index (Phi) is 10.5. The van der Waals surface area contributed by atoms with E-state index in [4.69, 9.17) is 0 Å². The SMILES string of the molecule is CCCC1CCN(CCNC(=O)c2ccc(F)c(CC(=O)c3cnc4cc(-c5ccc(C(=O)NC(C)(C)CO)c(F)c5)ccn34)c2)C1. The summed E-state index contributed by atoms with van der Waals surface area (Å²) >= 11 is 0. The summed E-state index contributed by atoms with van der Waals surface area (Å²) in [6, 6.07) is 11.6. The van der Waals surface area contributed by atoms with Gasteiger partial charge in [-0.25, -0.2) is 13.8 Å². The molecule has 4 aromatic rings. The molecule has 1 unspecified atom stereocenters. The Balaban J connectivity index is 1.23. The van der Waals surface area contributed by atoms with Gasteiger partial charge < -0.3 is 20.6 Å². The molecule has 1 saturated heterocycles. The van der Waals surface area contributed by atoms with Gasteiger partial charge in [-0.3, -0.25) is 18.8 Å². The minimum absolute atomic E-state index is 0.109. The molecule has 248 valence electrons. The number of pyridine rings is 1. The number of rotatable bonds is 13. The molecule has 11 heteroatoms. The molecule has 3 heterocycles. The van der Waals surface area contributed by atoms with Gasteiger partial charge in [-0.1, -0.05) is 19.4 Å². The van der Waals surface area contributed by atoms with Crippen LogP contribution in [0, 0.1) is 17.6 Å². The molecule has 1 aliphatic rings. The molecule has 1 aliphatic heterocycles. The van der Waals surface area contributed by atoms with Crippen LogP contribution in [0.2, 0.25) is 0 Å². The van der Waals surface area contributed by atoms with Crippen molar-refractivity contribution >= 4 is 23.2 Å². The standard InChI is InChI=1S/C36H41F2N5O4/c1-4-5-23-10-13-42(21-23)15-12-39-34(46)26-7-9-29(37)27(16-26)18-32(45)31-20-40-33-19-25(11-14-43(31)33)24-6-8-28(30(38)17-24)35(47)41-36(2,3)22-44/h6-9,11,14,16-17,19-20,23,44H,4-5,10,12-13,15,18,21-22H2,1-3H3,(H,39,46)(H,41,47). The topological polar surface area (TPSA) is 116 Å². The number of fused-ring (bicyclic) bond motifs is 1. The molecule has 2 aromatic carbocycles. The first-order valence-corrected chi connectivity index (χ1v) is 16.0. The molecule has 5 rings (SSSR count). The Morgan fingerprint density at radius 3 is 2.55 bits per heavy atom. The molecule has 0 bridgehead atoms. The second-order valence-electron chi connectivity index (χ2n) is 12.9. The van der Waals surface area contributed by atoms with Gasteiger partial charge in [-0.15, -0.1) is 0 Å². The lowest BCUT2D eigenvalue weighted by molar-refractivity contribution is 0.0864. The second kappa shape index (κ2) is 14.5. The molecule has 0 saturated carbocycles. The zero-order chi connectivity index (χ0) is 33.7. The van der Waals surface area contributed by atoms with Crippen LogP contribution in [-0.2, 0) is 6.42 Å². The number of Topliss-reactive ketones (excluding diaryl/α,β-unsaturated/α-hetero) is 1. The van der Waals surface area contributed by atoms with Crippen LogP contribution in [-0.4, -0.2) is 75.3 Å². The van der Waals surface area contributed by atoms with E-state index in [0.29, 0.717) is 23.3 Å². The molecule has 0 spiro atoms. The molecule has 9 nitrogen and oxygen atoms in total. The largest absolute Gasteiger partial charge is 0.394 e. The Morgan fingerprint density at radius 1 is 1.02 bits per heavy atom. The number of nitrogens with zero attached hydrogens (tertiary/aromatic N) is 3. The summed E-state index contributed by atoms with van der Waals surface area (Å²) in [6.45, 7) is 8.48. The molecule has 0 radical (unpaired) electrons. The maximum atomic E-state index is 14.9. The summed E-state index contributed by atoms with van der Waals surface area (Å²) in [5.41, 5.74) is 1.10. The first kappa shape index (κ1) is 33.9. The van der Waals surface area contributed by atoms with E-state index in [2.05, 4.69) is 27.4 Å². The lowest BCUT2D eigenvalue weighted by Crippen LogP contribution is -2.46. The number of benzene rings is 2. The number of aliphatic hydroxyl groups is 1. The van der Waals surface area contributed by atoms with Crippen molar-refractivity contribution < 1.29 is 28.3 Å². The van der Waals surface area contributed by atoms with Crippen LogP contribution in [0.25, 0.3) is 16.8 Å². The first-order valence-electron chi connectivity index (χ1n) is 16.0. The summed E-state index contributed by atoms with van der Waals surface area (Å²) in [4.78, 5) is 45.3. The van der Waals surface area contributed by atoms with Crippen molar-refractivity contribution in [2.45, 2.75) is 52.0 Å². The van der Waals surface area contributed by atoms with E-state index in [1.807, 2.05) is 0 Å². The first-order chi connectivity index (χ1) is 22.5. The molecule has 2 aromatic heterocycles. The monoisotopic (exact) mass is 645 g/mol. The zero-order valence-electron chi connectivity index (χ0n) is 27.0. The van der Waals surface area contributed by atoms with Crippen LogP contribution in [0.3, 0.4) is 0 Å². The predicted octanol–water partition coefficient (Wildman–Crippen LogP) is 5.06. The number of aliphatic hydroxyl groups excluding tert-OH is 1. The maximum absolute atomic E-state index is 14.9. The maximum Gasteiger partial charge on any atom is 0.254 e. The lowest BCUT2D eigenvalue weighted by atomic mass is 10.0. The van der Waals surface area contributed by atoms with Crippen LogP contribution < -0.4 is 10.6 Å². The van der Waals surface area contributed by atoms with Crippen LogP contribution >= 0.6 is 0 Å². The number of aromatic nitrogens is 2. The van der Waals surface area contributed by atoms with E-state index in [0.717, 1.165) is 25.6 Å². The third-order valence-electron chi connectivity index (χ3n) is 8.63. The highest BCUT2D eigenvalue weighted by atomic mass is 19.1. The van der Waals surface area contributed by atoms with Gasteiger partial charge in [0.2, 0.25) is 0 Å². The minimum atomic E-state index is -0.905. The van der Waals surface area contributed by atoms with E-state index in [9.17, 15) is 28.3 Å². The molecule has 47 heavy (non-hydrogen) atoms. The van der Waals surface area contributed by atoms with Gasteiger partial charge in [0, 0.05) is 37.8 Å². The molecule has 2 amide bonds. The fourth-order valence-electron chi connectivity index (χ4n) is 5.96. The molecule has 1 fully saturated rings. The zero-order valence-corrected chi connectivity index (χ0v) is 27.0. The highest BCUT2D eigenvalue weighted by molar-refractivity contribution is 5.98. The number of likely N-dealkylation sites (tertiary alicyclic amines) is 1. The fraction of sp³-hybridized carbons (Fsp3) is 0.389. The molecule has 1 atom stereocenters. The van der Waals surface area contributed by atoms with Gasteiger partial charge in [0.05, 0.1) is 23.9 Å². The average Bonchev–Trinajstić information content (AvgIpc) is 3.68. The van der Waals surface area contributed by atoms with E-state index in [-0.39, 0.29) is 47.1 Å². The lowest BCUT2D eigenvalue weighted by Gasteiger charge is -2.23. The average molecular weight is 646 g/mol. The van der Waals surface area contributed by atoms with Gasteiger partial charge in [-0.2, -0.15) is 0 Å². The summed E-state index contributed by atoms with van der Waals surface area (Å²) in [6.07, 6.45) is 6.34. The van der Waals surface area contributed by atoms with Gasteiger partial charge in [0.1, 0.15) is 23.0 Å². The van der Waals surface area contributed by atoms with E-state index >= 15 is 0 Å². The van der Waals surface area contributed by atoms with Crippen molar-refractivity contribution in [1.29, 1.82) is 0 Å². The van der Waals surface area contributed by atoms with Gasteiger partial charge in [0.25, 0.3) is 11.8 Å². The van der Waals surface area contributed by atoms with Crippen molar-refractivity contribution in [3.05, 3.63) is 94.9 Å². The number of carbonyl (C=O) groups is 3. The number of hydrogen-bond acceptors (Lipinski definition) is 6. The highest BCUT2D eigenvalue weighted by Crippen LogP contribution is 2.25. The van der Waals surface area contributed by atoms with Crippen molar-refractivity contribution in [3.8, 4) is 11.1 Å². The van der Waals surface area contributed by atoms with Crippen LogP contribution in [0.15, 0.2) is 60.9 Å². The van der Waals surface area contributed by atoms with Gasteiger partial charge in [-0.05, 0) is 98.3 Å². The number of imidazole rings is 1. The summed E-state index contributed by atoms with van der Waals surface area (Å²) < 4.78 is 31.3. The number of amides is 2. The number of nitrogens with one attached hydrogen (secondary N) is 2. The molecular weight excluding hydrogens is 604 g/mol. The van der Waals surface area contributed by atoms with Crippen molar-refractivity contribution in [2.75, 3.05) is 32.8 Å². The smallest absolute Gasteiger partial charge is 0.254 e. The number of halogens is 2. The Morgan fingerprint density at radius 2 is 1.81 bits per heavy atom. The quantitative estimate of drug-likeness (QED) is 0.175. The minimum Gasteiger partial charge on any atom is -0.394 e. The Labute approximate surface area is 273 Å². The van der Waals surface area contributed by atoms with Crippen molar-refractivity contribution in [3.63, 3.8) is 0 Å². The second-order valence-corrected chi connectivity index (χ2v) is 12.9. The van der Waals surface area contributed by atoms with Crippen LogP contribution in [0.5, 0.6) is 0 Å². The van der Waals surface area contributed by atoms with Crippen LogP contribution in [0.1, 0.15) is 76.8 Å². The fourth-order valence-corrected chi connectivity index (χ4v) is 5.96. The third kappa shape index (κ3) is 8.09. The highest BCUT2D eigenvalue weighted by Gasteiger charge is 2.23. The molecule has 3 N–H and O–H groups in total. The summed E-state index contributed by atoms with van der Waals surface area (Å²) in [7, 11) is 0. The van der Waals surface area contributed by atoms with E-state index in [1.165, 1.54) is 55.8 Å². The number of ketones is 1. The normalized spacial score (nSPS) is 15.2. The van der Waals surface area contributed by atoms with E-state index < -0.39 is 23.1 Å². The van der Waals surface area contributed by atoms with Crippen molar-refractivity contribution in [1.82, 2.24) is 24.9 Å². The van der Waals surface area contributed by atoms with Gasteiger partial charge >= 0.3 is 0 Å². The van der Waals surface area contributed by atoms with Crippen LogP contribution in [0.4, 0.5) is 8.78 Å². The summed E-state index contributed by atoms with van der Waals surface area (Å²) in [5, 5.41) is 14.9. The number of carbonyl (C=O) groups excluding carboxylic acids is 3. The Hall–Kier alpha value is -4.48. The summed E-state index contributed by atoms with van der Waals surface area (Å²) in [5.74, 6) is -1.92. The Bertz CT molecular complexity index is 1790. The third-order valence-corrected chi connectivity index (χ3v) is 8.63. The molecule has 0 aliphatic carbocycles. The van der Waals surface area contributed by atoms with Crippen molar-refractivity contribution in [2.24, 2.45) is 5.92 Å². The predicted molar refractivity (Wildman–Crippen MR) is 175 cm³/mol.